The third-order valence-corrected chi connectivity index (χ3v) is 5.09. The number of nitrogens with zero attached hydrogens (tertiary/aromatic N) is 3. The lowest BCUT2D eigenvalue weighted by Gasteiger charge is -2.36. The van der Waals surface area contributed by atoms with Gasteiger partial charge in [0.15, 0.2) is 0 Å². The molecule has 1 N–H and O–H groups in total. The molecule has 0 spiro atoms. The lowest BCUT2D eigenvalue weighted by Crippen LogP contribution is -2.50. The van der Waals surface area contributed by atoms with Gasteiger partial charge in [0.1, 0.15) is 5.84 Å². The van der Waals surface area contributed by atoms with Crippen molar-refractivity contribution in [2.24, 2.45) is 4.99 Å². The Bertz CT molecular complexity index is 872. The summed E-state index contributed by atoms with van der Waals surface area (Å²) in [4.78, 5) is 21.1. The van der Waals surface area contributed by atoms with E-state index in [-0.39, 0.29) is 5.91 Å². The van der Waals surface area contributed by atoms with Crippen LogP contribution in [0.3, 0.4) is 0 Å². The van der Waals surface area contributed by atoms with E-state index in [0.29, 0.717) is 11.4 Å². The Labute approximate surface area is 158 Å². The zero-order valence-corrected chi connectivity index (χ0v) is 15.5. The number of anilines is 2. The van der Waals surface area contributed by atoms with E-state index in [1.807, 2.05) is 42.2 Å². The van der Waals surface area contributed by atoms with Crippen molar-refractivity contribution in [3.8, 4) is 0 Å². The van der Waals surface area contributed by atoms with Crippen LogP contribution in [0.5, 0.6) is 0 Å². The zero-order chi connectivity index (χ0) is 18.1. The number of para-hydroxylation sites is 1. The van der Waals surface area contributed by atoms with E-state index >= 15 is 0 Å². The predicted molar refractivity (Wildman–Crippen MR) is 106 cm³/mol. The first-order chi connectivity index (χ1) is 12.7. The largest absolute Gasteiger partial charge is 0.353 e. The summed E-state index contributed by atoms with van der Waals surface area (Å²) in [5.41, 5.74) is 3.86. The van der Waals surface area contributed by atoms with Crippen LogP contribution in [0.15, 0.2) is 47.5 Å². The molecule has 1 saturated heterocycles. The van der Waals surface area contributed by atoms with Gasteiger partial charge < -0.3 is 15.1 Å². The molecule has 2 aromatic rings. The van der Waals surface area contributed by atoms with Crippen LogP contribution in [0.25, 0.3) is 0 Å². The Kier molecular flexibility index (Phi) is 4.55. The van der Waals surface area contributed by atoms with E-state index in [0.717, 1.165) is 54.6 Å². The minimum absolute atomic E-state index is 0.214. The van der Waals surface area contributed by atoms with Gasteiger partial charge in [-0.1, -0.05) is 30.7 Å². The number of carbonyl (C=O) groups excluding carboxylic acids is 1. The van der Waals surface area contributed by atoms with Crippen molar-refractivity contribution in [3.05, 3.63) is 53.1 Å². The number of rotatable bonds is 1. The highest BCUT2D eigenvalue weighted by Crippen LogP contribution is 2.36. The Hall–Kier alpha value is -2.53. The van der Waals surface area contributed by atoms with Crippen molar-refractivity contribution in [1.82, 2.24) is 9.80 Å². The molecule has 0 unspecified atom stereocenters. The Balaban J connectivity index is 1.70. The number of amidine groups is 1. The van der Waals surface area contributed by atoms with Gasteiger partial charge in [-0.3, -0.25) is 4.79 Å². The van der Waals surface area contributed by atoms with Crippen molar-refractivity contribution in [2.75, 3.05) is 31.5 Å². The van der Waals surface area contributed by atoms with Crippen LogP contribution in [0, 0.1) is 0 Å². The second-order valence-corrected chi connectivity index (χ2v) is 6.93. The van der Waals surface area contributed by atoms with Gasteiger partial charge in [0, 0.05) is 48.9 Å². The van der Waals surface area contributed by atoms with Gasteiger partial charge in [0.25, 0.3) is 0 Å². The lowest BCUT2D eigenvalue weighted by atomic mass is 10.1. The molecule has 0 radical (unpaired) electrons. The van der Waals surface area contributed by atoms with Crippen molar-refractivity contribution >= 4 is 40.4 Å². The van der Waals surface area contributed by atoms with E-state index in [2.05, 4.69) is 22.3 Å². The number of hydrogen-bond donors (Lipinski definition) is 1. The summed E-state index contributed by atoms with van der Waals surface area (Å²) >= 11 is 6.19. The molecule has 26 heavy (non-hydrogen) atoms. The van der Waals surface area contributed by atoms with Gasteiger partial charge in [-0.2, -0.15) is 0 Å². The van der Waals surface area contributed by atoms with E-state index < -0.39 is 0 Å². The summed E-state index contributed by atoms with van der Waals surface area (Å²) in [5, 5.41) is 4.14. The zero-order valence-electron chi connectivity index (χ0n) is 14.7. The molecule has 134 valence electrons. The molecule has 2 aliphatic heterocycles. The molecule has 5 nitrogen and oxygen atoms in total. The first-order valence-electron chi connectivity index (χ1n) is 8.93. The van der Waals surface area contributed by atoms with Gasteiger partial charge >= 0.3 is 0 Å². The average Bonchev–Trinajstić information content (AvgIpc) is 2.84. The van der Waals surface area contributed by atoms with Crippen molar-refractivity contribution in [1.29, 1.82) is 0 Å². The molecule has 2 aromatic carbocycles. The van der Waals surface area contributed by atoms with Gasteiger partial charge in [-0.05, 0) is 30.3 Å². The lowest BCUT2D eigenvalue weighted by molar-refractivity contribution is -0.132. The van der Waals surface area contributed by atoms with E-state index in [1.54, 1.807) is 0 Å². The highest BCUT2D eigenvalue weighted by Gasteiger charge is 2.26. The first kappa shape index (κ1) is 16.9. The maximum atomic E-state index is 12.0. The number of halogens is 1. The Morgan fingerprint density at radius 1 is 1.12 bits per heavy atom. The van der Waals surface area contributed by atoms with Crippen molar-refractivity contribution < 1.29 is 4.79 Å². The van der Waals surface area contributed by atoms with Crippen LogP contribution >= 0.6 is 11.6 Å². The quantitative estimate of drug-likeness (QED) is 0.826. The van der Waals surface area contributed by atoms with E-state index in [9.17, 15) is 4.79 Å². The number of hydrogen-bond acceptors (Lipinski definition) is 4. The van der Waals surface area contributed by atoms with Gasteiger partial charge in [-0.25, -0.2) is 4.99 Å². The molecule has 2 heterocycles. The number of carbonyl (C=O) groups is 1. The minimum atomic E-state index is 0.214. The minimum Gasteiger partial charge on any atom is -0.353 e. The number of fused-ring (bicyclic) bond motifs is 2. The highest BCUT2D eigenvalue weighted by atomic mass is 35.5. The van der Waals surface area contributed by atoms with Crippen LogP contribution in [0.4, 0.5) is 17.1 Å². The number of aliphatic imine (C=N–C) groups is 1. The smallest absolute Gasteiger partial charge is 0.222 e. The summed E-state index contributed by atoms with van der Waals surface area (Å²) in [6.07, 6.45) is 0.555. The average molecular weight is 369 g/mol. The molecule has 0 aliphatic carbocycles. The molecule has 0 aromatic heterocycles. The van der Waals surface area contributed by atoms with Crippen molar-refractivity contribution in [3.63, 3.8) is 0 Å². The molecule has 4 rings (SSSR count). The molecule has 1 amide bonds. The predicted octanol–water partition coefficient (Wildman–Crippen LogP) is 4.03. The van der Waals surface area contributed by atoms with E-state index in [4.69, 9.17) is 16.6 Å². The fourth-order valence-electron chi connectivity index (χ4n) is 3.44. The number of benzene rings is 2. The molecular weight excluding hydrogens is 348 g/mol. The first-order valence-corrected chi connectivity index (χ1v) is 9.31. The monoisotopic (exact) mass is 368 g/mol. The molecule has 6 heteroatoms. The number of amides is 1. The Morgan fingerprint density at radius 3 is 2.65 bits per heavy atom. The fraction of sp³-hybridized carbons (Fsp3) is 0.300. The van der Waals surface area contributed by atoms with Crippen LogP contribution in [-0.2, 0) is 4.79 Å². The van der Waals surface area contributed by atoms with Crippen LogP contribution in [0.2, 0.25) is 5.02 Å². The van der Waals surface area contributed by atoms with Crippen LogP contribution in [-0.4, -0.2) is 47.7 Å². The molecule has 1 fully saturated rings. The summed E-state index contributed by atoms with van der Waals surface area (Å²) < 4.78 is 0. The summed E-state index contributed by atoms with van der Waals surface area (Å²) in [5.74, 6) is 1.14. The highest BCUT2D eigenvalue weighted by molar-refractivity contribution is 6.31. The fourth-order valence-corrected chi connectivity index (χ4v) is 3.61. The number of piperazine rings is 1. The third kappa shape index (κ3) is 3.15. The summed E-state index contributed by atoms with van der Waals surface area (Å²) in [6, 6.07) is 13.9. The van der Waals surface area contributed by atoms with Crippen LogP contribution < -0.4 is 5.32 Å². The molecular formula is C20H21ClN4O. The summed E-state index contributed by atoms with van der Waals surface area (Å²) in [6.45, 7) is 4.91. The third-order valence-electron chi connectivity index (χ3n) is 4.86. The number of nitrogens with one attached hydrogen (secondary N) is 1. The SMILES string of the molecule is CCC(=O)N1CCN(C2=Nc3cc(Cl)ccc3Nc3ccccc32)CC1. The molecule has 0 saturated carbocycles. The molecule has 0 bridgehead atoms. The normalized spacial score (nSPS) is 16.2. The summed E-state index contributed by atoms with van der Waals surface area (Å²) in [7, 11) is 0. The topological polar surface area (TPSA) is 47.9 Å². The second-order valence-electron chi connectivity index (χ2n) is 6.49. The van der Waals surface area contributed by atoms with Crippen LogP contribution in [0.1, 0.15) is 18.9 Å². The van der Waals surface area contributed by atoms with E-state index in [1.165, 1.54) is 0 Å². The second kappa shape index (κ2) is 7.00. The maximum absolute atomic E-state index is 12.0. The van der Waals surface area contributed by atoms with Crippen molar-refractivity contribution in [2.45, 2.75) is 13.3 Å². The van der Waals surface area contributed by atoms with Gasteiger partial charge in [0.2, 0.25) is 5.91 Å². The van der Waals surface area contributed by atoms with Gasteiger partial charge in [-0.15, -0.1) is 0 Å². The van der Waals surface area contributed by atoms with Gasteiger partial charge in [0.05, 0.1) is 11.4 Å². The Morgan fingerprint density at radius 2 is 1.88 bits per heavy atom. The molecule has 2 aliphatic rings. The standard InChI is InChI=1S/C20H21ClN4O/c1-2-19(26)24-9-11-25(12-10-24)20-15-5-3-4-6-16(15)22-17-8-7-14(21)13-18(17)23-20/h3-8,13,22H,2,9-12H2,1H3. The molecule has 0 atom stereocenters. The maximum Gasteiger partial charge on any atom is 0.222 e.